The van der Waals surface area contributed by atoms with Gasteiger partial charge in [-0.3, -0.25) is 0 Å². The van der Waals surface area contributed by atoms with Crippen LogP contribution in [0.15, 0.2) is 36.5 Å². The number of rotatable bonds is 17. The fourth-order valence-corrected chi connectivity index (χ4v) is 3.94. The summed E-state index contributed by atoms with van der Waals surface area (Å²) in [5.74, 6) is -1.60. The molecule has 0 bridgehead atoms. The minimum atomic E-state index is -1.03. The van der Waals surface area contributed by atoms with Gasteiger partial charge in [-0.2, -0.15) is 4.73 Å². The van der Waals surface area contributed by atoms with Crippen LogP contribution in [-0.2, 0) is 22.5 Å². The van der Waals surface area contributed by atoms with E-state index in [0.29, 0.717) is 12.0 Å². The summed E-state index contributed by atoms with van der Waals surface area (Å²) in [5, 5.41) is 0. The zero-order valence-electron chi connectivity index (χ0n) is 21.2. The van der Waals surface area contributed by atoms with Crippen LogP contribution in [-0.4, -0.2) is 23.5 Å². The van der Waals surface area contributed by atoms with E-state index < -0.39 is 23.6 Å². The Morgan fingerprint density at radius 3 is 2.03 bits per heavy atom. The highest BCUT2D eigenvalue weighted by molar-refractivity contribution is 5.88. The van der Waals surface area contributed by atoms with Gasteiger partial charge in [0.25, 0.3) is 0 Å². The molecule has 0 unspecified atom stereocenters. The molecule has 0 radical (unpaired) electrons. The van der Waals surface area contributed by atoms with Crippen molar-refractivity contribution in [3.63, 3.8) is 0 Å². The minimum Gasteiger partial charge on any atom is -0.461 e. The summed E-state index contributed by atoms with van der Waals surface area (Å²) in [6, 6.07) is 9.11. The SMILES string of the molecule is CCCCCCCCCCCCCc1cn(OC(=O)OCc2ccccc2)c(C(=O)OCC)c1F. The molecule has 0 aliphatic carbocycles. The molecule has 7 heteroatoms. The number of halogens is 1. The number of hydrogen-bond donors (Lipinski definition) is 0. The second-order valence-corrected chi connectivity index (χ2v) is 8.76. The van der Waals surface area contributed by atoms with E-state index >= 15 is 4.39 Å². The normalized spacial score (nSPS) is 10.8. The fraction of sp³-hybridized carbons (Fsp3) is 0.571. The number of aromatic nitrogens is 1. The van der Waals surface area contributed by atoms with Crippen LogP contribution in [0, 0.1) is 5.82 Å². The van der Waals surface area contributed by atoms with Crippen LogP contribution in [0.4, 0.5) is 9.18 Å². The zero-order valence-corrected chi connectivity index (χ0v) is 21.2. The van der Waals surface area contributed by atoms with Gasteiger partial charge >= 0.3 is 12.1 Å². The molecule has 0 aliphatic rings. The highest BCUT2D eigenvalue weighted by atomic mass is 19.1. The number of hydrogen-bond acceptors (Lipinski definition) is 5. The number of benzene rings is 1. The van der Waals surface area contributed by atoms with E-state index in [2.05, 4.69) is 6.92 Å². The molecule has 0 N–H and O–H groups in total. The van der Waals surface area contributed by atoms with Crippen molar-refractivity contribution in [1.82, 2.24) is 4.73 Å². The van der Waals surface area contributed by atoms with Gasteiger partial charge in [-0.15, -0.1) is 0 Å². The Kier molecular flexibility index (Phi) is 13.6. The van der Waals surface area contributed by atoms with E-state index in [0.717, 1.165) is 29.6 Å². The number of ether oxygens (including phenoxy) is 2. The first kappa shape index (κ1) is 28.4. The summed E-state index contributed by atoms with van der Waals surface area (Å²) in [7, 11) is 0. The van der Waals surface area contributed by atoms with Crippen molar-refractivity contribution in [2.75, 3.05) is 6.61 Å². The predicted molar refractivity (Wildman–Crippen MR) is 134 cm³/mol. The quantitative estimate of drug-likeness (QED) is 0.171. The number of nitrogens with zero attached hydrogens (tertiary/aromatic N) is 1. The Morgan fingerprint density at radius 2 is 1.43 bits per heavy atom. The van der Waals surface area contributed by atoms with Crippen molar-refractivity contribution in [1.29, 1.82) is 0 Å². The largest absolute Gasteiger partial charge is 0.534 e. The van der Waals surface area contributed by atoms with E-state index in [4.69, 9.17) is 14.3 Å². The first-order valence-corrected chi connectivity index (χ1v) is 13.0. The molecular formula is C28H40FNO5. The van der Waals surface area contributed by atoms with Crippen LogP contribution in [0.5, 0.6) is 0 Å². The van der Waals surface area contributed by atoms with E-state index in [1.807, 2.05) is 18.2 Å². The van der Waals surface area contributed by atoms with E-state index in [1.54, 1.807) is 19.1 Å². The molecule has 6 nitrogen and oxygen atoms in total. The van der Waals surface area contributed by atoms with Crippen molar-refractivity contribution >= 4 is 12.1 Å². The monoisotopic (exact) mass is 489 g/mol. The third-order valence-corrected chi connectivity index (χ3v) is 5.87. The van der Waals surface area contributed by atoms with E-state index in [1.165, 1.54) is 57.6 Å². The molecule has 1 aromatic carbocycles. The minimum absolute atomic E-state index is 0.00373. The number of aryl methyl sites for hydroxylation is 1. The highest BCUT2D eigenvalue weighted by Crippen LogP contribution is 2.20. The van der Waals surface area contributed by atoms with Crippen molar-refractivity contribution in [3.05, 3.63) is 59.2 Å². The molecule has 2 aromatic rings. The molecule has 0 aliphatic heterocycles. The maximum Gasteiger partial charge on any atom is 0.534 e. The van der Waals surface area contributed by atoms with Crippen molar-refractivity contribution in [2.45, 2.75) is 97.5 Å². The summed E-state index contributed by atoms with van der Waals surface area (Å²) in [6.45, 7) is 3.94. The van der Waals surface area contributed by atoms with Crippen molar-refractivity contribution in [2.24, 2.45) is 0 Å². The lowest BCUT2D eigenvalue weighted by molar-refractivity contribution is 0.0319. The number of unbranched alkanes of at least 4 members (excludes halogenated alkanes) is 10. The van der Waals surface area contributed by atoms with Gasteiger partial charge in [-0.1, -0.05) is 101 Å². The summed E-state index contributed by atoms with van der Waals surface area (Å²) < 4.78 is 25.9. The predicted octanol–water partition coefficient (Wildman–Crippen LogP) is 7.42. The van der Waals surface area contributed by atoms with Crippen LogP contribution in [0.25, 0.3) is 0 Å². The van der Waals surface area contributed by atoms with Gasteiger partial charge in [0.2, 0.25) is 5.69 Å². The number of esters is 1. The topological polar surface area (TPSA) is 66.8 Å². The Hall–Kier alpha value is -2.83. The van der Waals surface area contributed by atoms with Gasteiger partial charge in [0.05, 0.1) is 12.8 Å². The number of carbonyl (C=O) groups is 2. The molecule has 0 atom stereocenters. The molecule has 1 aromatic heterocycles. The molecule has 0 amide bonds. The van der Waals surface area contributed by atoms with Crippen molar-refractivity contribution < 1.29 is 28.3 Å². The average molecular weight is 490 g/mol. The molecule has 194 valence electrons. The highest BCUT2D eigenvalue weighted by Gasteiger charge is 2.26. The molecule has 0 saturated heterocycles. The molecule has 2 rings (SSSR count). The summed E-state index contributed by atoms with van der Waals surface area (Å²) in [6.07, 6.45) is 13.9. The maximum atomic E-state index is 15.0. The van der Waals surface area contributed by atoms with Gasteiger partial charge in [-0.05, 0) is 25.3 Å². The van der Waals surface area contributed by atoms with Gasteiger partial charge in [-0.25, -0.2) is 14.0 Å². The third-order valence-electron chi connectivity index (χ3n) is 5.87. The smallest absolute Gasteiger partial charge is 0.461 e. The standard InChI is InChI=1S/C28H40FNO5/c1-3-5-6-7-8-9-10-11-12-13-17-20-24-21-30(26(25(24)29)27(31)33-4-2)35-28(32)34-22-23-18-15-14-16-19-23/h14-16,18-19,21H,3-13,17,20,22H2,1-2H3. The zero-order chi connectivity index (χ0) is 25.3. The van der Waals surface area contributed by atoms with Crippen LogP contribution in [0.1, 0.15) is 106 Å². The summed E-state index contributed by atoms with van der Waals surface area (Å²) in [4.78, 5) is 29.6. The van der Waals surface area contributed by atoms with Crippen LogP contribution in [0.3, 0.4) is 0 Å². The Balaban J connectivity index is 1.82. The maximum absolute atomic E-state index is 15.0. The van der Waals surface area contributed by atoms with Crippen molar-refractivity contribution in [3.8, 4) is 0 Å². The van der Waals surface area contributed by atoms with Gasteiger partial charge in [0.1, 0.15) is 6.61 Å². The molecular weight excluding hydrogens is 449 g/mol. The summed E-state index contributed by atoms with van der Waals surface area (Å²) in [5.41, 5.74) is 0.673. The van der Waals surface area contributed by atoms with E-state index in [-0.39, 0.29) is 13.2 Å². The van der Waals surface area contributed by atoms with Crippen LogP contribution in [0.2, 0.25) is 0 Å². The number of carbonyl (C=O) groups excluding carboxylic acids is 2. The average Bonchev–Trinajstić information content (AvgIpc) is 3.16. The lowest BCUT2D eigenvalue weighted by Gasteiger charge is -2.09. The molecule has 0 spiro atoms. The first-order chi connectivity index (χ1) is 17.1. The lowest BCUT2D eigenvalue weighted by atomic mass is 10.0. The second-order valence-electron chi connectivity index (χ2n) is 8.76. The lowest BCUT2D eigenvalue weighted by Crippen LogP contribution is -2.24. The van der Waals surface area contributed by atoms with Crippen LogP contribution < -0.4 is 4.84 Å². The van der Waals surface area contributed by atoms with Gasteiger partial charge in [0, 0.05) is 5.56 Å². The Labute approximate surface area is 208 Å². The first-order valence-electron chi connectivity index (χ1n) is 13.0. The molecule has 0 saturated carbocycles. The Bertz CT molecular complexity index is 881. The van der Waals surface area contributed by atoms with Gasteiger partial charge in [0.15, 0.2) is 5.82 Å². The fourth-order valence-electron chi connectivity index (χ4n) is 3.94. The van der Waals surface area contributed by atoms with Gasteiger partial charge < -0.3 is 14.3 Å². The second kappa shape index (κ2) is 16.7. The van der Waals surface area contributed by atoms with Crippen LogP contribution >= 0.6 is 0 Å². The summed E-state index contributed by atoms with van der Waals surface area (Å²) >= 11 is 0. The van der Waals surface area contributed by atoms with E-state index in [9.17, 15) is 9.59 Å². The molecule has 1 heterocycles. The molecule has 0 fully saturated rings. The third kappa shape index (κ3) is 10.5. The Morgan fingerprint density at radius 1 is 0.829 bits per heavy atom. The molecule has 35 heavy (non-hydrogen) atoms.